The summed E-state index contributed by atoms with van der Waals surface area (Å²) in [5, 5.41) is 0. The predicted octanol–water partition coefficient (Wildman–Crippen LogP) is 3.79. The fourth-order valence-corrected chi connectivity index (χ4v) is 1.33. The Morgan fingerprint density at radius 3 is 2.50 bits per heavy atom. The number of hydrogen-bond donors (Lipinski definition) is 0. The van der Waals surface area contributed by atoms with Crippen molar-refractivity contribution in [1.82, 2.24) is 0 Å². The summed E-state index contributed by atoms with van der Waals surface area (Å²) in [4.78, 5) is 0. The van der Waals surface area contributed by atoms with Crippen LogP contribution in [0.4, 0.5) is 0 Å². The standard InChI is InChI=1S/C12H17/c1-3-4-8-11(2)12-9-6-5-7-10-12/h4-7,9-11H,3,8H2,1-2H3/q-1. The Bertz CT molecular complexity index is 201. The third kappa shape index (κ3) is 2.69. The molecule has 0 heteroatoms. The van der Waals surface area contributed by atoms with E-state index in [1.165, 1.54) is 18.4 Å². The van der Waals surface area contributed by atoms with E-state index in [0.29, 0.717) is 5.92 Å². The van der Waals surface area contributed by atoms with Crippen molar-refractivity contribution in [2.75, 3.05) is 0 Å². The second-order valence-corrected chi connectivity index (χ2v) is 3.24. The minimum Gasteiger partial charge on any atom is -0.328 e. The summed E-state index contributed by atoms with van der Waals surface area (Å²) < 4.78 is 0. The first-order valence-electron chi connectivity index (χ1n) is 4.71. The third-order valence-corrected chi connectivity index (χ3v) is 2.18. The summed E-state index contributed by atoms with van der Waals surface area (Å²) in [5.41, 5.74) is 1.45. The number of hydrogen-bond acceptors (Lipinski definition) is 0. The highest BCUT2D eigenvalue weighted by atomic mass is 14.1. The van der Waals surface area contributed by atoms with Gasteiger partial charge in [-0.2, -0.15) is 12.8 Å². The number of benzene rings is 1. The van der Waals surface area contributed by atoms with Crippen LogP contribution in [-0.4, -0.2) is 0 Å². The Morgan fingerprint density at radius 1 is 1.25 bits per heavy atom. The maximum Gasteiger partial charge on any atom is -0.0461 e. The van der Waals surface area contributed by atoms with Crippen LogP contribution in [0.15, 0.2) is 30.3 Å². The Balaban J connectivity index is 2.48. The van der Waals surface area contributed by atoms with Gasteiger partial charge in [0.05, 0.1) is 0 Å². The van der Waals surface area contributed by atoms with Gasteiger partial charge in [0, 0.05) is 0 Å². The summed E-state index contributed by atoms with van der Waals surface area (Å²) in [6.45, 7) is 4.47. The van der Waals surface area contributed by atoms with Crippen LogP contribution in [0.25, 0.3) is 0 Å². The SMILES string of the molecule is CC[CH-]CC(C)c1ccccc1. The lowest BCUT2D eigenvalue weighted by atomic mass is 9.96. The van der Waals surface area contributed by atoms with Gasteiger partial charge in [-0.3, -0.25) is 0 Å². The topological polar surface area (TPSA) is 0 Å². The molecule has 0 amide bonds. The van der Waals surface area contributed by atoms with Crippen LogP contribution in [0, 0.1) is 6.42 Å². The molecule has 0 saturated heterocycles. The van der Waals surface area contributed by atoms with E-state index in [-0.39, 0.29) is 0 Å². The van der Waals surface area contributed by atoms with Crippen molar-refractivity contribution in [3.8, 4) is 0 Å². The van der Waals surface area contributed by atoms with Crippen LogP contribution in [-0.2, 0) is 0 Å². The second kappa shape index (κ2) is 4.97. The minimum absolute atomic E-state index is 0.672. The molecular formula is C12H17-. The molecule has 1 aromatic rings. The fraction of sp³-hybridized carbons (Fsp3) is 0.417. The lowest BCUT2D eigenvalue weighted by Gasteiger charge is -2.16. The molecule has 0 bridgehead atoms. The first-order valence-corrected chi connectivity index (χ1v) is 4.71. The summed E-state index contributed by atoms with van der Waals surface area (Å²) in [6, 6.07) is 10.7. The zero-order chi connectivity index (χ0) is 8.81. The van der Waals surface area contributed by atoms with E-state index in [4.69, 9.17) is 0 Å². The minimum atomic E-state index is 0.672. The average Bonchev–Trinajstić information content (AvgIpc) is 2.15. The molecular weight excluding hydrogens is 144 g/mol. The largest absolute Gasteiger partial charge is 0.328 e. The van der Waals surface area contributed by atoms with Gasteiger partial charge in [-0.05, 0) is 11.5 Å². The Labute approximate surface area is 75.6 Å². The highest BCUT2D eigenvalue weighted by Gasteiger charge is 1.97. The maximum absolute atomic E-state index is 2.34. The summed E-state index contributed by atoms with van der Waals surface area (Å²) in [6.07, 6.45) is 4.72. The molecule has 0 aromatic heterocycles. The van der Waals surface area contributed by atoms with Crippen LogP contribution in [0.5, 0.6) is 0 Å². The zero-order valence-corrected chi connectivity index (χ0v) is 7.96. The van der Waals surface area contributed by atoms with Gasteiger partial charge >= 0.3 is 0 Å². The zero-order valence-electron chi connectivity index (χ0n) is 7.96. The van der Waals surface area contributed by atoms with Crippen LogP contribution in [0.2, 0.25) is 0 Å². The quantitative estimate of drug-likeness (QED) is 0.589. The second-order valence-electron chi connectivity index (χ2n) is 3.24. The summed E-state index contributed by atoms with van der Waals surface area (Å²) in [5.74, 6) is 0.672. The van der Waals surface area contributed by atoms with Crippen molar-refractivity contribution in [2.24, 2.45) is 0 Å². The van der Waals surface area contributed by atoms with Gasteiger partial charge < -0.3 is 6.42 Å². The third-order valence-electron chi connectivity index (χ3n) is 2.18. The molecule has 0 nitrogen and oxygen atoms in total. The van der Waals surface area contributed by atoms with Crippen molar-refractivity contribution >= 4 is 0 Å². The summed E-state index contributed by atoms with van der Waals surface area (Å²) >= 11 is 0. The molecule has 0 aliphatic rings. The Hall–Kier alpha value is -0.780. The molecule has 0 aliphatic carbocycles. The van der Waals surface area contributed by atoms with Gasteiger partial charge in [0.1, 0.15) is 0 Å². The van der Waals surface area contributed by atoms with Crippen molar-refractivity contribution in [2.45, 2.75) is 32.6 Å². The number of unbranched alkanes of at least 4 members (excludes halogenated alkanes) is 1. The molecule has 0 aliphatic heterocycles. The monoisotopic (exact) mass is 161 g/mol. The first kappa shape index (κ1) is 9.31. The summed E-state index contributed by atoms with van der Waals surface area (Å²) in [7, 11) is 0. The van der Waals surface area contributed by atoms with Crippen molar-refractivity contribution < 1.29 is 0 Å². The van der Waals surface area contributed by atoms with Crippen molar-refractivity contribution in [1.29, 1.82) is 0 Å². The van der Waals surface area contributed by atoms with Gasteiger partial charge in [-0.15, -0.1) is 0 Å². The van der Waals surface area contributed by atoms with Crippen LogP contribution >= 0.6 is 0 Å². The maximum atomic E-state index is 2.34. The Kier molecular flexibility index (Phi) is 3.86. The molecule has 0 heterocycles. The highest BCUT2D eigenvalue weighted by Crippen LogP contribution is 2.19. The molecule has 0 spiro atoms. The molecule has 0 fully saturated rings. The van der Waals surface area contributed by atoms with Crippen molar-refractivity contribution in [3.05, 3.63) is 42.3 Å². The fourth-order valence-electron chi connectivity index (χ4n) is 1.33. The molecule has 1 rings (SSSR count). The van der Waals surface area contributed by atoms with Gasteiger partial charge in [0.15, 0.2) is 0 Å². The van der Waals surface area contributed by atoms with E-state index in [2.05, 4.69) is 50.6 Å². The van der Waals surface area contributed by atoms with E-state index >= 15 is 0 Å². The van der Waals surface area contributed by atoms with E-state index in [9.17, 15) is 0 Å². The highest BCUT2D eigenvalue weighted by molar-refractivity contribution is 5.18. The number of rotatable bonds is 4. The van der Waals surface area contributed by atoms with Gasteiger partial charge in [-0.25, -0.2) is 0 Å². The predicted molar refractivity (Wildman–Crippen MR) is 54.1 cm³/mol. The normalized spacial score (nSPS) is 12.8. The smallest absolute Gasteiger partial charge is 0.0461 e. The van der Waals surface area contributed by atoms with E-state index in [0.717, 1.165) is 0 Å². The first-order chi connectivity index (χ1) is 5.84. The van der Waals surface area contributed by atoms with Gasteiger partial charge in [0.25, 0.3) is 0 Å². The molecule has 1 unspecified atom stereocenters. The Morgan fingerprint density at radius 2 is 1.92 bits per heavy atom. The lowest BCUT2D eigenvalue weighted by Crippen LogP contribution is -1.92. The molecule has 0 N–H and O–H groups in total. The van der Waals surface area contributed by atoms with Crippen LogP contribution in [0.1, 0.15) is 38.2 Å². The van der Waals surface area contributed by atoms with E-state index in [1.54, 1.807) is 0 Å². The van der Waals surface area contributed by atoms with E-state index < -0.39 is 0 Å². The van der Waals surface area contributed by atoms with Crippen molar-refractivity contribution in [3.63, 3.8) is 0 Å². The molecule has 0 radical (unpaired) electrons. The molecule has 66 valence electrons. The average molecular weight is 161 g/mol. The molecule has 1 atom stereocenters. The van der Waals surface area contributed by atoms with Gasteiger partial charge in [0.2, 0.25) is 0 Å². The van der Waals surface area contributed by atoms with Crippen LogP contribution < -0.4 is 0 Å². The van der Waals surface area contributed by atoms with Crippen LogP contribution in [0.3, 0.4) is 0 Å². The molecule has 1 aromatic carbocycles. The van der Waals surface area contributed by atoms with E-state index in [1.807, 2.05) is 0 Å². The van der Waals surface area contributed by atoms with Gasteiger partial charge in [-0.1, -0.05) is 44.2 Å². The molecule has 0 saturated carbocycles. The molecule has 12 heavy (non-hydrogen) atoms. The lowest BCUT2D eigenvalue weighted by molar-refractivity contribution is 0.726.